The summed E-state index contributed by atoms with van der Waals surface area (Å²) in [5, 5.41) is 0. The lowest BCUT2D eigenvalue weighted by Gasteiger charge is -2.28. The van der Waals surface area contributed by atoms with Crippen LogP contribution in [0.4, 0.5) is 0 Å². The maximum atomic E-state index is 12.6. The molecule has 3 aromatic rings. The average molecular weight is 367 g/mol. The highest BCUT2D eigenvalue weighted by atomic mass is 16.5. The Balaban J connectivity index is 1.58. The number of ether oxygens (including phenoxy) is 2. The molecular weight excluding hydrogens is 346 g/mol. The molecule has 0 saturated carbocycles. The highest BCUT2D eigenvalue weighted by Crippen LogP contribution is 2.32. The van der Waals surface area contributed by atoms with E-state index in [0.29, 0.717) is 42.4 Å². The molecule has 0 aliphatic carbocycles. The number of fused-ring (bicyclic) bond motifs is 1. The van der Waals surface area contributed by atoms with Crippen molar-refractivity contribution in [2.45, 2.75) is 19.5 Å². The van der Waals surface area contributed by atoms with Gasteiger partial charge >= 0.3 is 0 Å². The van der Waals surface area contributed by atoms with Crippen LogP contribution in [0.5, 0.6) is 11.5 Å². The van der Waals surface area contributed by atoms with Gasteiger partial charge in [-0.2, -0.15) is 0 Å². The molecule has 1 N–H and O–H groups in total. The molecular formula is C20H21N3O4. The molecule has 0 spiro atoms. The first kappa shape index (κ1) is 17.4. The quantitative estimate of drug-likeness (QED) is 0.747. The third kappa shape index (κ3) is 3.33. The largest absolute Gasteiger partial charge is 0.493 e. The number of aromatic amines is 1. The van der Waals surface area contributed by atoms with Crippen LogP contribution in [0.25, 0.3) is 11.6 Å². The lowest BCUT2D eigenvalue weighted by Crippen LogP contribution is -2.35. The number of methoxy groups -OCH3 is 2. The van der Waals surface area contributed by atoms with Crippen LogP contribution in [0.2, 0.25) is 0 Å². The molecule has 27 heavy (non-hydrogen) atoms. The van der Waals surface area contributed by atoms with Gasteiger partial charge in [-0.05, 0) is 18.2 Å². The first-order valence-corrected chi connectivity index (χ1v) is 8.77. The molecule has 1 aliphatic rings. The predicted octanol–water partition coefficient (Wildman–Crippen LogP) is 2.61. The summed E-state index contributed by atoms with van der Waals surface area (Å²) in [6.07, 6.45) is 2.28. The van der Waals surface area contributed by atoms with Gasteiger partial charge in [0.15, 0.2) is 23.1 Å². The van der Waals surface area contributed by atoms with Crippen molar-refractivity contribution < 1.29 is 13.9 Å². The van der Waals surface area contributed by atoms with Gasteiger partial charge in [0.2, 0.25) is 0 Å². The number of hydrogen-bond acceptors (Lipinski definition) is 6. The van der Waals surface area contributed by atoms with Gasteiger partial charge in [-0.3, -0.25) is 9.69 Å². The van der Waals surface area contributed by atoms with Crippen LogP contribution in [0, 0.1) is 0 Å². The Bertz CT molecular complexity index is 995. The van der Waals surface area contributed by atoms with E-state index in [-0.39, 0.29) is 5.56 Å². The minimum atomic E-state index is -0.117. The van der Waals surface area contributed by atoms with E-state index < -0.39 is 0 Å². The van der Waals surface area contributed by atoms with Crippen LogP contribution < -0.4 is 15.0 Å². The van der Waals surface area contributed by atoms with Crippen molar-refractivity contribution in [3.63, 3.8) is 0 Å². The van der Waals surface area contributed by atoms with E-state index in [9.17, 15) is 4.79 Å². The molecule has 140 valence electrons. The number of H-pyrrole nitrogens is 1. The summed E-state index contributed by atoms with van der Waals surface area (Å²) < 4.78 is 16.2. The number of furan rings is 1. The highest BCUT2D eigenvalue weighted by Gasteiger charge is 2.23. The monoisotopic (exact) mass is 367 g/mol. The maximum absolute atomic E-state index is 12.6. The van der Waals surface area contributed by atoms with Crippen molar-refractivity contribution in [3.05, 3.63) is 63.8 Å². The van der Waals surface area contributed by atoms with Crippen molar-refractivity contribution in [1.82, 2.24) is 14.9 Å². The van der Waals surface area contributed by atoms with Crippen LogP contribution in [0.3, 0.4) is 0 Å². The van der Waals surface area contributed by atoms with Gasteiger partial charge in [-0.1, -0.05) is 12.1 Å². The van der Waals surface area contributed by atoms with E-state index in [0.717, 1.165) is 23.6 Å². The first-order chi connectivity index (χ1) is 13.2. The molecule has 1 aliphatic heterocycles. The zero-order chi connectivity index (χ0) is 18.8. The molecule has 0 unspecified atom stereocenters. The molecule has 7 heteroatoms. The molecule has 0 radical (unpaired) electrons. The fourth-order valence-electron chi connectivity index (χ4n) is 3.47. The molecule has 1 aromatic carbocycles. The molecule has 0 amide bonds. The maximum Gasteiger partial charge on any atom is 0.256 e. The number of nitrogens with one attached hydrogen (secondary N) is 1. The van der Waals surface area contributed by atoms with E-state index in [1.165, 1.54) is 0 Å². The van der Waals surface area contributed by atoms with Crippen molar-refractivity contribution in [1.29, 1.82) is 0 Å². The van der Waals surface area contributed by atoms with E-state index in [1.807, 2.05) is 18.2 Å². The fourth-order valence-corrected chi connectivity index (χ4v) is 3.47. The van der Waals surface area contributed by atoms with Crippen LogP contribution in [-0.4, -0.2) is 35.6 Å². The van der Waals surface area contributed by atoms with Gasteiger partial charge in [-0.15, -0.1) is 0 Å². The zero-order valence-electron chi connectivity index (χ0n) is 15.3. The Labute approximate surface area is 156 Å². The van der Waals surface area contributed by atoms with Crippen molar-refractivity contribution in [3.8, 4) is 23.1 Å². The smallest absolute Gasteiger partial charge is 0.256 e. The van der Waals surface area contributed by atoms with Crippen LogP contribution in [-0.2, 0) is 19.5 Å². The average Bonchev–Trinajstić information content (AvgIpc) is 3.23. The number of nitrogens with zero attached hydrogens (tertiary/aromatic N) is 2. The van der Waals surface area contributed by atoms with Gasteiger partial charge in [0.25, 0.3) is 5.56 Å². The second-order valence-electron chi connectivity index (χ2n) is 6.43. The summed E-state index contributed by atoms with van der Waals surface area (Å²) in [5.74, 6) is 2.48. The highest BCUT2D eigenvalue weighted by molar-refractivity contribution is 5.48. The normalized spacial score (nSPS) is 14.0. The molecule has 4 rings (SSSR count). The molecule has 0 bridgehead atoms. The Morgan fingerprint density at radius 1 is 1.22 bits per heavy atom. The summed E-state index contributed by atoms with van der Waals surface area (Å²) in [4.78, 5) is 22.2. The van der Waals surface area contributed by atoms with Gasteiger partial charge in [-0.25, -0.2) is 4.98 Å². The molecule has 2 aromatic heterocycles. The summed E-state index contributed by atoms with van der Waals surface area (Å²) in [5.41, 5.74) is 2.45. The summed E-state index contributed by atoms with van der Waals surface area (Å²) in [6.45, 7) is 2.01. The van der Waals surface area contributed by atoms with Crippen molar-refractivity contribution in [2.24, 2.45) is 0 Å². The van der Waals surface area contributed by atoms with Crippen LogP contribution in [0.1, 0.15) is 16.8 Å². The topological polar surface area (TPSA) is 80.6 Å². The van der Waals surface area contributed by atoms with Crippen molar-refractivity contribution in [2.75, 3.05) is 20.8 Å². The van der Waals surface area contributed by atoms with Crippen LogP contribution >= 0.6 is 0 Å². The Morgan fingerprint density at radius 3 is 2.85 bits per heavy atom. The van der Waals surface area contributed by atoms with Gasteiger partial charge in [0.1, 0.15) is 0 Å². The zero-order valence-corrected chi connectivity index (χ0v) is 15.3. The minimum Gasteiger partial charge on any atom is -0.493 e. The Hall–Kier alpha value is -3.06. The third-order valence-corrected chi connectivity index (χ3v) is 4.78. The second kappa shape index (κ2) is 7.28. The number of benzene rings is 1. The summed E-state index contributed by atoms with van der Waals surface area (Å²) >= 11 is 0. The van der Waals surface area contributed by atoms with E-state index in [1.54, 1.807) is 32.6 Å². The minimum absolute atomic E-state index is 0.117. The standard InChI is InChI=1S/C20H21N3O4/c1-25-16-6-3-5-13(18(16)26-2)11-23-9-8-15-14(12-23)20(24)22-19(21-15)17-7-4-10-27-17/h3-7,10H,8-9,11-12H2,1-2H3,(H,21,22,24). The molecule has 0 atom stereocenters. The Morgan fingerprint density at radius 2 is 2.11 bits per heavy atom. The van der Waals surface area contributed by atoms with Crippen LogP contribution in [0.15, 0.2) is 45.8 Å². The number of aromatic nitrogens is 2. The predicted molar refractivity (Wildman–Crippen MR) is 99.9 cm³/mol. The van der Waals surface area contributed by atoms with E-state index in [2.05, 4.69) is 14.9 Å². The SMILES string of the molecule is COc1cccc(CN2CCc3nc(-c4ccco4)[nH]c(=O)c3C2)c1OC. The first-order valence-electron chi connectivity index (χ1n) is 8.77. The second-order valence-corrected chi connectivity index (χ2v) is 6.43. The number of rotatable bonds is 5. The molecule has 7 nitrogen and oxygen atoms in total. The number of hydrogen-bond donors (Lipinski definition) is 1. The molecule has 0 fully saturated rings. The van der Waals surface area contributed by atoms with E-state index in [4.69, 9.17) is 13.9 Å². The third-order valence-electron chi connectivity index (χ3n) is 4.78. The van der Waals surface area contributed by atoms with Gasteiger partial charge < -0.3 is 18.9 Å². The number of para-hydroxylation sites is 1. The fraction of sp³-hybridized carbons (Fsp3) is 0.300. The van der Waals surface area contributed by atoms with Crippen molar-refractivity contribution >= 4 is 0 Å². The molecule has 3 heterocycles. The Kier molecular flexibility index (Phi) is 4.68. The summed E-state index contributed by atoms with van der Waals surface area (Å²) in [7, 11) is 3.26. The lowest BCUT2D eigenvalue weighted by atomic mass is 10.1. The summed E-state index contributed by atoms with van der Waals surface area (Å²) in [6, 6.07) is 9.39. The van der Waals surface area contributed by atoms with Gasteiger partial charge in [0.05, 0.1) is 31.7 Å². The van der Waals surface area contributed by atoms with E-state index >= 15 is 0 Å². The van der Waals surface area contributed by atoms with Gasteiger partial charge in [0, 0.05) is 31.6 Å². The lowest BCUT2D eigenvalue weighted by molar-refractivity contribution is 0.237. The molecule has 0 saturated heterocycles.